The van der Waals surface area contributed by atoms with Crippen LogP contribution in [-0.4, -0.2) is 23.5 Å². The molecule has 4 heteroatoms. The molecule has 1 amide bonds. The van der Waals surface area contributed by atoms with E-state index >= 15 is 0 Å². The molecule has 0 atom stereocenters. The summed E-state index contributed by atoms with van der Waals surface area (Å²) in [6.07, 6.45) is 8.70. The predicted octanol–water partition coefficient (Wildman–Crippen LogP) is 2.97. The van der Waals surface area contributed by atoms with Gasteiger partial charge in [0.2, 0.25) is 0 Å². The second-order valence-corrected chi connectivity index (χ2v) is 5.16. The molecule has 0 aliphatic heterocycles. The maximum Gasteiger partial charge on any atom is 0.251 e. The summed E-state index contributed by atoms with van der Waals surface area (Å²) in [5.41, 5.74) is 0.694. The summed E-state index contributed by atoms with van der Waals surface area (Å²) >= 11 is 0. The number of amides is 1. The summed E-state index contributed by atoms with van der Waals surface area (Å²) in [6.45, 7) is 2.98. The van der Waals surface area contributed by atoms with E-state index in [2.05, 4.69) is 22.5 Å². The van der Waals surface area contributed by atoms with Gasteiger partial charge in [0.05, 0.1) is 0 Å². The van der Waals surface area contributed by atoms with Gasteiger partial charge in [-0.25, -0.2) is 4.98 Å². The van der Waals surface area contributed by atoms with Gasteiger partial charge in [-0.2, -0.15) is 0 Å². The van der Waals surface area contributed by atoms with Crippen LogP contribution < -0.4 is 10.6 Å². The topological polar surface area (TPSA) is 54.0 Å². The molecule has 2 rings (SSSR count). The Labute approximate surface area is 115 Å². The van der Waals surface area contributed by atoms with Crippen molar-refractivity contribution < 1.29 is 4.79 Å². The fourth-order valence-corrected chi connectivity index (χ4v) is 2.44. The predicted molar refractivity (Wildman–Crippen MR) is 77.4 cm³/mol. The molecule has 4 nitrogen and oxygen atoms in total. The number of carbonyl (C=O) groups is 1. The van der Waals surface area contributed by atoms with E-state index in [1.54, 1.807) is 12.3 Å². The molecule has 0 radical (unpaired) electrons. The lowest BCUT2D eigenvalue weighted by atomic mass is 9.95. The SMILES string of the molecule is CCCNc1cc(C(=O)NC2CCCCC2)ccn1. The molecule has 1 saturated carbocycles. The Bertz CT molecular complexity index is 414. The minimum absolute atomic E-state index is 0.0221. The highest BCUT2D eigenvalue weighted by atomic mass is 16.1. The summed E-state index contributed by atoms with van der Waals surface area (Å²) in [4.78, 5) is 16.4. The number of pyridine rings is 1. The average molecular weight is 261 g/mol. The van der Waals surface area contributed by atoms with Gasteiger partial charge in [0.15, 0.2) is 0 Å². The molecule has 0 unspecified atom stereocenters. The number of nitrogens with one attached hydrogen (secondary N) is 2. The van der Waals surface area contributed by atoms with Crippen LogP contribution in [0.4, 0.5) is 5.82 Å². The van der Waals surface area contributed by atoms with Crippen molar-refractivity contribution in [1.82, 2.24) is 10.3 Å². The molecule has 1 aliphatic carbocycles. The molecule has 1 aliphatic rings. The van der Waals surface area contributed by atoms with Gasteiger partial charge in [0.25, 0.3) is 5.91 Å². The van der Waals surface area contributed by atoms with Crippen LogP contribution in [0.25, 0.3) is 0 Å². The van der Waals surface area contributed by atoms with Crippen molar-refractivity contribution in [3.05, 3.63) is 23.9 Å². The Hall–Kier alpha value is -1.58. The van der Waals surface area contributed by atoms with Crippen LogP contribution in [0.15, 0.2) is 18.3 Å². The number of nitrogens with zero attached hydrogens (tertiary/aromatic N) is 1. The lowest BCUT2D eigenvalue weighted by Gasteiger charge is -2.22. The minimum Gasteiger partial charge on any atom is -0.370 e. The van der Waals surface area contributed by atoms with Gasteiger partial charge in [0.1, 0.15) is 5.82 Å². The monoisotopic (exact) mass is 261 g/mol. The summed E-state index contributed by atoms with van der Waals surface area (Å²) in [5.74, 6) is 0.798. The zero-order chi connectivity index (χ0) is 13.5. The molecular formula is C15H23N3O. The highest BCUT2D eigenvalue weighted by Gasteiger charge is 2.16. The minimum atomic E-state index is 0.0221. The molecule has 19 heavy (non-hydrogen) atoms. The third-order valence-electron chi connectivity index (χ3n) is 3.52. The highest BCUT2D eigenvalue weighted by molar-refractivity contribution is 5.94. The van der Waals surface area contributed by atoms with Crippen LogP contribution >= 0.6 is 0 Å². The molecule has 0 spiro atoms. The highest BCUT2D eigenvalue weighted by Crippen LogP contribution is 2.18. The Kier molecular flexibility index (Phi) is 5.19. The summed E-state index contributed by atoms with van der Waals surface area (Å²) in [5, 5.41) is 6.33. The molecule has 1 aromatic rings. The van der Waals surface area contributed by atoms with Crippen LogP contribution in [0, 0.1) is 0 Å². The maximum absolute atomic E-state index is 12.2. The van der Waals surface area contributed by atoms with Gasteiger partial charge in [-0.15, -0.1) is 0 Å². The fraction of sp³-hybridized carbons (Fsp3) is 0.600. The lowest BCUT2D eigenvalue weighted by Crippen LogP contribution is -2.36. The molecule has 0 saturated heterocycles. The average Bonchev–Trinajstić information content (AvgIpc) is 2.46. The van der Waals surface area contributed by atoms with Crippen LogP contribution in [0.5, 0.6) is 0 Å². The van der Waals surface area contributed by atoms with E-state index in [9.17, 15) is 4.79 Å². The fourth-order valence-electron chi connectivity index (χ4n) is 2.44. The Morgan fingerprint density at radius 2 is 2.16 bits per heavy atom. The van der Waals surface area contributed by atoms with Crippen molar-refractivity contribution in [1.29, 1.82) is 0 Å². The first-order valence-corrected chi connectivity index (χ1v) is 7.30. The van der Waals surface area contributed by atoms with E-state index in [4.69, 9.17) is 0 Å². The van der Waals surface area contributed by atoms with E-state index in [1.165, 1.54) is 19.3 Å². The van der Waals surface area contributed by atoms with Crippen molar-refractivity contribution in [2.45, 2.75) is 51.5 Å². The van der Waals surface area contributed by atoms with E-state index in [-0.39, 0.29) is 5.91 Å². The first-order chi connectivity index (χ1) is 9.29. The molecule has 0 aromatic carbocycles. The first-order valence-electron chi connectivity index (χ1n) is 7.30. The van der Waals surface area contributed by atoms with Crippen molar-refractivity contribution >= 4 is 11.7 Å². The second-order valence-electron chi connectivity index (χ2n) is 5.16. The van der Waals surface area contributed by atoms with Gasteiger partial charge in [-0.3, -0.25) is 4.79 Å². The molecule has 1 fully saturated rings. The van der Waals surface area contributed by atoms with Crippen molar-refractivity contribution in [2.75, 3.05) is 11.9 Å². The normalized spacial score (nSPS) is 16.1. The Morgan fingerprint density at radius 3 is 2.89 bits per heavy atom. The number of aromatic nitrogens is 1. The summed E-state index contributed by atoms with van der Waals surface area (Å²) in [7, 11) is 0. The van der Waals surface area contributed by atoms with E-state index < -0.39 is 0 Å². The van der Waals surface area contributed by atoms with Crippen LogP contribution in [0.1, 0.15) is 55.8 Å². The Balaban J connectivity index is 1.93. The smallest absolute Gasteiger partial charge is 0.251 e. The van der Waals surface area contributed by atoms with E-state index in [1.807, 2.05) is 6.07 Å². The summed E-state index contributed by atoms with van der Waals surface area (Å²) in [6, 6.07) is 3.95. The molecule has 1 aromatic heterocycles. The first kappa shape index (κ1) is 13.8. The van der Waals surface area contributed by atoms with Gasteiger partial charge >= 0.3 is 0 Å². The molecule has 1 heterocycles. The van der Waals surface area contributed by atoms with Gasteiger partial charge in [-0.1, -0.05) is 26.2 Å². The molecular weight excluding hydrogens is 238 g/mol. The maximum atomic E-state index is 12.2. The van der Waals surface area contributed by atoms with Gasteiger partial charge in [-0.05, 0) is 31.4 Å². The Morgan fingerprint density at radius 1 is 1.37 bits per heavy atom. The largest absolute Gasteiger partial charge is 0.370 e. The zero-order valence-corrected chi connectivity index (χ0v) is 11.6. The zero-order valence-electron chi connectivity index (χ0n) is 11.6. The number of hydrogen-bond donors (Lipinski definition) is 2. The molecule has 104 valence electrons. The van der Waals surface area contributed by atoms with E-state index in [0.717, 1.165) is 31.6 Å². The van der Waals surface area contributed by atoms with Crippen LogP contribution in [0.3, 0.4) is 0 Å². The lowest BCUT2D eigenvalue weighted by molar-refractivity contribution is 0.0927. The molecule has 0 bridgehead atoms. The molecule has 2 N–H and O–H groups in total. The quantitative estimate of drug-likeness (QED) is 0.856. The van der Waals surface area contributed by atoms with Gasteiger partial charge in [0, 0.05) is 24.3 Å². The van der Waals surface area contributed by atoms with Crippen molar-refractivity contribution in [3.63, 3.8) is 0 Å². The number of carbonyl (C=O) groups excluding carboxylic acids is 1. The number of hydrogen-bond acceptors (Lipinski definition) is 3. The number of anilines is 1. The van der Waals surface area contributed by atoms with Gasteiger partial charge < -0.3 is 10.6 Å². The number of rotatable bonds is 5. The third kappa shape index (κ3) is 4.23. The van der Waals surface area contributed by atoms with Crippen molar-refractivity contribution in [2.24, 2.45) is 0 Å². The van der Waals surface area contributed by atoms with E-state index in [0.29, 0.717) is 11.6 Å². The third-order valence-corrected chi connectivity index (χ3v) is 3.52. The van der Waals surface area contributed by atoms with Crippen LogP contribution in [0.2, 0.25) is 0 Å². The second kappa shape index (κ2) is 7.12. The van der Waals surface area contributed by atoms with Crippen molar-refractivity contribution in [3.8, 4) is 0 Å². The standard InChI is InChI=1S/C15H23N3O/c1-2-9-16-14-11-12(8-10-17-14)15(19)18-13-6-4-3-5-7-13/h8,10-11,13H,2-7,9H2,1H3,(H,16,17)(H,18,19). The summed E-state index contributed by atoms with van der Waals surface area (Å²) < 4.78 is 0. The van der Waals surface area contributed by atoms with Crippen LogP contribution in [-0.2, 0) is 0 Å².